The van der Waals surface area contributed by atoms with E-state index in [1.165, 1.54) is 18.4 Å². The fourth-order valence-electron chi connectivity index (χ4n) is 2.29. The van der Waals surface area contributed by atoms with E-state index in [0.29, 0.717) is 11.3 Å². The molecule has 0 saturated carbocycles. The van der Waals surface area contributed by atoms with Crippen LogP contribution < -0.4 is 0 Å². The van der Waals surface area contributed by atoms with Crippen LogP contribution in [0.4, 0.5) is 0 Å². The zero-order valence-electron chi connectivity index (χ0n) is 8.99. The van der Waals surface area contributed by atoms with Gasteiger partial charge in [0.15, 0.2) is 0 Å². The number of ether oxygens (including phenoxy) is 1. The Hall–Kier alpha value is -0.980. The van der Waals surface area contributed by atoms with E-state index >= 15 is 0 Å². The number of rotatable bonds is 1. The third-order valence-corrected chi connectivity index (χ3v) is 3.26. The smallest absolute Gasteiger partial charge is 0.106 e. The highest BCUT2D eigenvalue weighted by Crippen LogP contribution is 2.41. The molecule has 2 aliphatic rings. The van der Waals surface area contributed by atoms with Gasteiger partial charge in [0, 0.05) is 5.92 Å². The summed E-state index contributed by atoms with van der Waals surface area (Å²) in [6, 6.07) is 0. The van der Waals surface area contributed by atoms with Crippen molar-refractivity contribution >= 4 is 0 Å². The molecular formula is C13H18O. The topological polar surface area (TPSA) is 9.23 Å². The monoisotopic (exact) mass is 190 g/mol. The average Bonchev–Trinajstić information content (AvgIpc) is 2.18. The number of hydrogen-bond donors (Lipinski definition) is 0. The van der Waals surface area contributed by atoms with Gasteiger partial charge in [-0.15, -0.1) is 0 Å². The molecule has 0 bridgehead atoms. The highest BCUT2D eigenvalue weighted by Gasteiger charge is 2.31. The molecule has 0 spiro atoms. The minimum atomic E-state index is 0.391. The summed E-state index contributed by atoms with van der Waals surface area (Å²) in [6.45, 7) is 5.43. The summed E-state index contributed by atoms with van der Waals surface area (Å²) >= 11 is 0. The van der Waals surface area contributed by atoms with E-state index in [1.54, 1.807) is 0 Å². The average molecular weight is 190 g/mol. The highest BCUT2D eigenvalue weighted by molar-refractivity contribution is 5.29. The van der Waals surface area contributed by atoms with Crippen molar-refractivity contribution in [2.45, 2.75) is 26.7 Å². The SMILES string of the molecule is CC1(C)CCC=CC1C1=CCOC=C1. The molecule has 1 heteroatoms. The Morgan fingerprint density at radius 1 is 1.43 bits per heavy atom. The molecule has 0 amide bonds. The van der Waals surface area contributed by atoms with Gasteiger partial charge in [-0.2, -0.15) is 0 Å². The maximum atomic E-state index is 5.18. The molecule has 0 N–H and O–H groups in total. The molecule has 0 aromatic heterocycles. The van der Waals surface area contributed by atoms with Crippen molar-refractivity contribution in [2.75, 3.05) is 6.61 Å². The standard InChI is InChI=1S/C13H18O/c1-13(2)8-4-3-5-12(13)11-6-9-14-10-7-11/h3,5-7,9,12H,4,8,10H2,1-2H3. The van der Waals surface area contributed by atoms with Gasteiger partial charge in [0.25, 0.3) is 0 Å². The lowest BCUT2D eigenvalue weighted by molar-refractivity contribution is 0.247. The molecule has 14 heavy (non-hydrogen) atoms. The molecule has 76 valence electrons. The second-order valence-corrected chi connectivity index (χ2v) is 4.77. The van der Waals surface area contributed by atoms with Crippen molar-refractivity contribution < 1.29 is 4.74 Å². The fourth-order valence-corrected chi connectivity index (χ4v) is 2.29. The Bertz CT molecular complexity index is 294. The van der Waals surface area contributed by atoms with Crippen molar-refractivity contribution in [1.82, 2.24) is 0 Å². The quantitative estimate of drug-likeness (QED) is 0.575. The Kier molecular flexibility index (Phi) is 2.49. The van der Waals surface area contributed by atoms with Crippen LogP contribution in [0.15, 0.2) is 36.1 Å². The van der Waals surface area contributed by atoms with Crippen molar-refractivity contribution in [3.63, 3.8) is 0 Å². The van der Waals surface area contributed by atoms with Crippen LogP contribution in [0.5, 0.6) is 0 Å². The van der Waals surface area contributed by atoms with Crippen molar-refractivity contribution in [3.05, 3.63) is 36.1 Å². The largest absolute Gasteiger partial charge is 0.497 e. The van der Waals surface area contributed by atoms with Gasteiger partial charge in [0.1, 0.15) is 6.61 Å². The van der Waals surface area contributed by atoms with Gasteiger partial charge in [-0.05, 0) is 36.0 Å². The third-order valence-electron chi connectivity index (χ3n) is 3.26. The Morgan fingerprint density at radius 2 is 2.29 bits per heavy atom. The Morgan fingerprint density at radius 3 is 2.93 bits per heavy atom. The summed E-state index contributed by atoms with van der Waals surface area (Å²) < 4.78 is 5.18. The molecule has 1 heterocycles. The van der Waals surface area contributed by atoms with E-state index in [0.717, 1.165) is 6.61 Å². The zero-order chi connectivity index (χ0) is 10.0. The summed E-state index contributed by atoms with van der Waals surface area (Å²) in [5.41, 5.74) is 1.81. The molecule has 0 aromatic rings. The summed E-state index contributed by atoms with van der Waals surface area (Å²) in [5, 5.41) is 0. The van der Waals surface area contributed by atoms with Crippen LogP contribution in [0.2, 0.25) is 0 Å². The lowest BCUT2D eigenvalue weighted by Gasteiger charge is -2.36. The van der Waals surface area contributed by atoms with Crippen LogP contribution >= 0.6 is 0 Å². The van der Waals surface area contributed by atoms with Crippen LogP contribution in [-0.4, -0.2) is 6.61 Å². The van der Waals surface area contributed by atoms with Crippen LogP contribution in [0.25, 0.3) is 0 Å². The molecule has 1 unspecified atom stereocenters. The van der Waals surface area contributed by atoms with Gasteiger partial charge in [0.2, 0.25) is 0 Å². The maximum absolute atomic E-state index is 5.18. The van der Waals surface area contributed by atoms with E-state index in [2.05, 4.69) is 38.2 Å². The Labute approximate surface area is 86.2 Å². The van der Waals surface area contributed by atoms with Crippen LogP contribution in [0.3, 0.4) is 0 Å². The first kappa shape index (κ1) is 9.57. The molecule has 1 atom stereocenters. The molecule has 0 fully saturated rings. The van der Waals surface area contributed by atoms with E-state index < -0.39 is 0 Å². The first-order chi connectivity index (χ1) is 6.70. The molecule has 1 aliphatic carbocycles. The molecule has 1 aliphatic heterocycles. The second kappa shape index (κ2) is 3.64. The third kappa shape index (κ3) is 1.77. The minimum Gasteiger partial charge on any atom is -0.497 e. The summed E-state index contributed by atoms with van der Waals surface area (Å²) in [7, 11) is 0. The molecule has 0 saturated heterocycles. The first-order valence-corrected chi connectivity index (χ1v) is 5.35. The fraction of sp³-hybridized carbons (Fsp3) is 0.538. The Balaban J connectivity index is 2.23. The van der Waals surface area contributed by atoms with Crippen molar-refractivity contribution in [1.29, 1.82) is 0 Å². The van der Waals surface area contributed by atoms with E-state index in [4.69, 9.17) is 4.74 Å². The first-order valence-electron chi connectivity index (χ1n) is 5.35. The molecule has 0 aromatic carbocycles. The number of allylic oxidation sites excluding steroid dienone is 4. The lowest BCUT2D eigenvalue weighted by atomic mass is 9.69. The van der Waals surface area contributed by atoms with E-state index in [-0.39, 0.29) is 0 Å². The zero-order valence-corrected chi connectivity index (χ0v) is 8.99. The van der Waals surface area contributed by atoms with Gasteiger partial charge in [-0.1, -0.05) is 26.0 Å². The summed E-state index contributed by atoms with van der Waals surface area (Å²) in [5.74, 6) is 0.566. The normalized spacial score (nSPS) is 29.6. The highest BCUT2D eigenvalue weighted by atomic mass is 16.5. The predicted molar refractivity (Wildman–Crippen MR) is 58.8 cm³/mol. The van der Waals surface area contributed by atoms with E-state index in [9.17, 15) is 0 Å². The molecule has 0 radical (unpaired) electrons. The minimum absolute atomic E-state index is 0.391. The number of hydrogen-bond acceptors (Lipinski definition) is 1. The molecule has 1 nitrogen and oxygen atoms in total. The molecular weight excluding hydrogens is 172 g/mol. The predicted octanol–water partition coefficient (Wildman–Crippen LogP) is 3.45. The van der Waals surface area contributed by atoms with E-state index in [1.807, 2.05) is 6.26 Å². The second-order valence-electron chi connectivity index (χ2n) is 4.77. The van der Waals surface area contributed by atoms with Crippen LogP contribution in [0.1, 0.15) is 26.7 Å². The molecule has 2 rings (SSSR count). The maximum Gasteiger partial charge on any atom is 0.106 e. The lowest BCUT2D eigenvalue weighted by Crippen LogP contribution is -2.26. The summed E-state index contributed by atoms with van der Waals surface area (Å²) in [4.78, 5) is 0. The van der Waals surface area contributed by atoms with Crippen molar-refractivity contribution in [3.8, 4) is 0 Å². The van der Waals surface area contributed by atoms with Gasteiger partial charge in [-0.25, -0.2) is 0 Å². The van der Waals surface area contributed by atoms with Gasteiger partial charge in [-0.3, -0.25) is 0 Å². The van der Waals surface area contributed by atoms with Gasteiger partial charge in [0.05, 0.1) is 6.26 Å². The van der Waals surface area contributed by atoms with Crippen LogP contribution in [-0.2, 0) is 4.74 Å². The van der Waals surface area contributed by atoms with Gasteiger partial charge < -0.3 is 4.74 Å². The summed E-state index contributed by atoms with van der Waals surface area (Å²) in [6.07, 6.45) is 13.3. The van der Waals surface area contributed by atoms with Gasteiger partial charge >= 0.3 is 0 Å². The van der Waals surface area contributed by atoms with Crippen molar-refractivity contribution in [2.24, 2.45) is 11.3 Å². The van der Waals surface area contributed by atoms with Crippen LogP contribution in [0, 0.1) is 11.3 Å².